The Labute approximate surface area is 80.4 Å². The van der Waals surface area contributed by atoms with Gasteiger partial charge in [-0.2, -0.15) is 0 Å². The molecular formula is C6H12N6O2. The predicted molar refractivity (Wildman–Crippen MR) is 47.1 cm³/mol. The Kier molecular flexibility index (Phi) is 3.80. The minimum Gasteiger partial charge on any atom is -0.383 e. The number of hydrogen-bond donors (Lipinski definition) is 2. The number of methoxy groups -OCH3 is 1. The molecule has 78 valence electrons. The van der Waals surface area contributed by atoms with Gasteiger partial charge in [-0.25, -0.2) is 4.68 Å². The van der Waals surface area contributed by atoms with Gasteiger partial charge < -0.3 is 15.8 Å². The molecule has 8 nitrogen and oxygen atoms in total. The average molecular weight is 200 g/mol. The number of carbonyl (C=O) groups is 1. The van der Waals surface area contributed by atoms with Crippen molar-refractivity contribution in [1.82, 2.24) is 25.5 Å². The molecule has 14 heavy (non-hydrogen) atoms. The van der Waals surface area contributed by atoms with Gasteiger partial charge in [-0.05, 0) is 10.4 Å². The van der Waals surface area contributed by atoms with E-state index in [1.807, 2.05) is 0 Å². The van der Waals surface area contributed by atoms with E-state index in [2.05, 4.69) is 20.8 Å². The Balaban J connectivity index is 2.31. The summed E-state index contributed by atoms with van der Waals surface area (Å²) in [5.74, 6) is -0.0899. The van der Waals surface area contributed by atoms with Crippen molar-refractivity contribution in [3.05, 3.63) is 0 Å². The number of aromatic nitrogens is 4. The third-order valence-electron chi connectivity index (χ3n) is 1.48. The Morgan fingerprint density at radius 3 is 3.07 bits per heavy atom. The number of tetrazole rings is 1. The number of amides is 1. The third-order valence-corrected chi connectivity index (χ3v) is 1.48. The van der Waals surface area contributed by atoms with Gasteiger partial charge in [-0.15, -0.1) is 0 Å². The molecule has 0 atom stereocenters. The molecule has 0 aliphatic carbocycles. The van der Waals surface area contributed by atoms with Gasteiger partial charge in [-0.3, -0.25) is 4.79 Å². The molecule has 8 heteroatoms. The third kappa shape index (κ3) is 2.98. The summed E-state index contributed by atoms with van der Waals surface area (Å²) in [6, 6.07) is 0. The zero-order valence-corrected chi connectivity index (χ0v) is 7.80. The van der Waals surface area contributed by atoms with Crippen LogP contribution in [0.15, 0.2) is 0 Å². The van der Waals surface area contributed by atoms with Crippen molar-refractivity contribution in [2.75, 3.05) is 26.0 Å². The van der Waals surface area contributed by atoms with Gasteiger partial charge in [0.05, 0.1) is 6.61 Å². The fourth-order valence-electron chi connectivity index (χ4n) is 0.809. The number of ether oxygens (including phenoxy) is 1. The van der Waals surface area contributed by atoms with Gasteiger partial charge in [0.25, 0.3) is 0 Å². The van der Waals surface area contributed by atoms with Crippen LogP contribution < -0.4 is 11.1 Å². The van der Waals surface area contributed by atoms with Crippen LogP contribution in [0.25, 0.3) is 0 Å². The van der Waals surface area contributed by atoms with E-state index < -0.39 is 0 Å². The van der Waals surface area contributed by atoms with Crippen LogP contribution in [0.4, 0.5) is 5.95 Å². The molecule has 1 aromatic rings. The fraction of sp³-hybridized carbons (Fsp3) is 0.667. The Morgan fingerprint density at radius 1 is 1.71 bits per heavy atom. The average Bonchev–Trinajstić information content (AvgIpc) is 2.52. The van der Waals surface area contributed by atoms with Crippen LogP contribution in [0.5, 0.6) is 0 Å². The monoisotopic (exact) mass is 200 g/mol. The van der Waals surface area contributed by atoms with Crippen molar-refractivity contribution in [2.45, 2.75) is 6.54 Å². The summed E-state index contributed by atoms with van der Waals surface area (Å²) in [7, 11) is 1.56. The van der Waals surface area contributed by atoms with Crippen LogP contribution in [0.3, 0.4) is 0 Å². The molecule has 0 aliphatic heterocycles. The quantitative estimate of drug-likeness (QED) is 0.533. The second-order valence-electron chi connectivity index (χ2n) is 2.54. The Hall–Kier alpha value is -1.70. The molecule has 0 aliphatic rings. The normalized spacial score (nSPS) is 10.1. The number of anilines is 1. The van der Waals surface area contributed by atoms with E-state index in [9.17, 15) is 4.79 Å². The number of nitrogens with zero attached hydrogens (tertiary/aromatic N) is 4. The molecule has 0 spiro atoms. The van der Waals surface area contributed by atoms with E-state index in [4.69, 9.17) is 10.5 Å². The largest absolute Gasteiger partial charge is 0.383 e. The first kappa shape index (κ1) is 10.4. The van der Waals surface area contributed by atoms with E-state index in [1.165, 1.54) is 4.68 Å². The van der Waals surface area contributed by atoms with Crippen molar-refractivity contribution in [3.63, 3.8) is 0 Å². The van der Waals surface area contributed by atoms with Crippen molar-refractivity contribution < 1.29 is 9.53 Å². The van der Waals surface area contributed by atoms with Gasteiger partial charge in [0.1, 0.15) is 6.54 Å². The van der Waals surface area contributed by atoms with Crippen LogP contribution in [-0.4, -0.2) is 46.4 Å². The van der Waals surface area contributed by atoms with Crippen molar-refractivity contribution >= 4 is 11.9 Å². The summed E-state index contributed by atoms with van der Waals surface area (Å²) in [4.78, 5) is 11.2. The first-order chi connectivity index (χ1) is 6.74. The number of nitrogen functional groups attached to an aromatic ring is 1. The second-order valence-corrected chi connectivity index (χ2v) is 2.54. The van der Waals surface area contributed by atoms with Crippen molar-refractivity contribution in [1.29, 1.82) is 0 Å². The second kappa shape index (κ2) is 5.12. The van der Waals surface area contributed by atoms with E-state index in [-0.39, 0.29) is 18.4 Å². The summed E-state index contributed by atoms with van der Waals surface area (Å²) >= 11 is 0. The van der Waals surface area contributed by atoms with Gasteiger partial charge in [0, 0.05) is 13.7 Å². The molecule has 0 fully saturated rings. The summed E-state index contributed by atoms with van der Waals surface area (Å²) < 4.78 is 5.98. The minimum atomic E-state index is -0.207. The number of nitrogens with two attached hydrogens (primary N) is 1. The number of carbonyl (C=O) groups excluding carboxylic acids is 1. The topological polar surface area (TPSA) is 108 Å². The smallest absolute Gasteiger partial charge is 0.242 e. The van der Waals surface area contributed by atoms with Gasteiger partial charge in [0.2, 0.25) is 11.9 Å². The maximum absolute atomic E-state index is 11.2. The molecule has 0 bridgehead atoms. The fourth-order valence-corrected chi connectivity index (χ4v) is 0.809. The number of hydrogen-bond acceptors (Lipinski definition) is 6. The van der Waals surface area contributed by atoms with E-state index in [0.29, 0.717) is 13.2 Å². The first-order valence-corrected chi connectivity index (χ1v) is 4.01. The van der Waals surface area contributed by atoms with Gasteiger partial charge in [-0.1, -0.05) is 5.10 Å². The minimum absolute atomic E-state index is 0.0164. The highest BCUT2D eigenvalue weighted by atomic mass is 16.5. The lowest BCUT2D eigenvalue weighted by Gasteiger charge is -2.03. The highest BCUT2D eigenvalue weighted by Crippen LogP contribution is 1.90. The maximum atomic E-state index is 11.2. The zero-order valence-electron chi connectivity index (χ0n) is 7.80. The number of rotatable bonds is 5. The van der Waals surface area contributed by atoms with Crippen LogP contribution in [0.1, 0.15) is 0 Å². The molecule has 3 N–H and O–H groups in total. The molecule has 1 aromatic heterocycles. The van der Waals surface area contributed by atoms with E-state index in [0.717, 1.165) is 0 Å². The standard InChI is InChI=1S/C6H12N6O2/c1-14-3-2-8-5(13)4-12-6(7)9-10-11-12/h2-4H2,1H3,(H,8,13)(H2,7,9,11). The first-order valence-electron chi connectivity index (χ1n) is 4.01. The number of nitrogens with one attached hydrogen (secondary N) is 1. The molecule has 1 heterocycles. The molecule has 0 saturated heterocycles. The SMILES string of the molecule is COCCNC(=O)Cn1nnnc1N. The van der Waals surface area contributed by atoms with Crippen LogP contribution in [0, 0.1) is 0 Å². The molecule has 0 aromatic carbocycles. The summed E-state index contributed by atoms with van der Waals surface area (Å²) in [5.41, 5.74) is 5.37. The maximum Gasteiger partial charge on any atom is 0.242 e. The van der Waals surface area contributed by atoms with Crippen molar-refractivity contribution in [2.24, 2.45) is 0 Å². The lowest BCUT2D eigenvalue weighted by molar-refractivity contribution is -0.122. The summed E-state index contributed by atoms with van der Waals surface area (Å²) in [5, 5.41) is 12.9. The summed E-state index contributed by atoms with van der Waals surface area (Å²) in [6.07, 6.45) is 0. The van der Waals surface area contributed by atoms with E-state index in [1.54, 1.807) is 7.11 Å². The molecule has 0 unspecified atom stereocenters. The Morgan fingerprint density at radius 2 is 2.50 bits per heavy atom. The van der Waals surface area contributed by atoms with Crippen LogP contribution in [0.2, 0.25) is 0 Å². The molecule has 1 amide bonds. The predicted octanol–water partition coefficient (Wildman–Crippen LogP) is -1.98. The van der Waals surface area contributed by atoms with Crippen LogP contribution in [-0.2, 0) is 16.1 Å². The zero-order chi connectivity index (χ0) is 10.4. The highest BCUT2D eigenvalue weighted by molar-refractivity contribution is 5.75. The molecular weight excluding hydrogens is 188 g/mol. The van der Waals surface area contributed by atoms with Crippen molar-refractivity contribution in [3.8, 4) is 0 Å². The summed E-state index contributed by atoms with van der Waals surface area (Å²) in [6.45, 7) is 0.941. The van der Waals surface area contributed by atoms with E-state index >= 15 is 0 Å². The van der Waals surface area contributed by atoms with Gasteiger partial charge >= 0.3 is 0 Å². The van der Waals surface area contributed by atoms with Crippen LogP contribution >= 0.6 is 0 Å². The lowest BCUT2D eigenvalue weighted by Crippen LogP contribution is -2.31. The molecule has 0 saturated carbocycles. The highest BCUT2D eigenvalue weighted by Gasteiger charge is 2.06. The lowest BCUT2D eigenvalue weighted by atomic mass is 10.5. The molecule has 1 rings (SSSR count). The molecule has 0 radical (unpaired) electrons. The Bertz CT molecular complexity index is 298. The van der Waals surface area contributed by atoms with Gasteiger partial charge in [0.15, 0.2) is 0 Å².